The van der Waals surface area contributed by atoms with Crippen LogP contribution in [0.4, 0.5) is 13.2 Å². The smallest absolute Gasteiger partial charge is 0.396 e. The van der Waals surface area contributed by atoms with Crippen molar-refractivity contribution < 1.29 is 27.5 Å². The lowest BCUT2D eigenvalue weighted by Crippen LogP contribution is -2.35. The van der Waals surface area contributed by atoms with Gasteiger partial charge in [-0.15, -0.1) is 0 Å². The SMILES string of the molecule is CC(C)(C)C(=O)O[C@H]1C2CC3CC/C(=C/C(=O)CC(F)(F)F)C1[C@@H](C3)C2. The lowest BCUT2D eigenvalue weighted by atomic mass is 9.79. The molecule has 5 atom stereocenters. The topological polar surface area (TPSA) is 43.4 Å². The lowest BCUT2D eigenvalue weighted by Gasteiger charge is -2.32. The highest BCUT2D eigenvalue weighted by atomic mass is 19.4. The third-order valence-electron chi connectivity index (χ3n) is 6.05. The van der Waals surface area contributed by atoms with E-state index in [4.69, 9.17) is 4.74 Å². The van der Waals surface area contributed by atoms with Gasteiger partial charge in [0.1, 0.15) is 12.5 Å². The van der Waals surface area contributed by atoms with Crippen molar-refractivity contribution in [2.24, 2.45) is 29.1 Å². The molecular formula is C20H27F3O3. The Morgan fingerprint density at radius 3 is 2.38 bits per heavy atom. The monoisotopic (exact) mass is 372 g/mol. The molecule has 3 fully saturated rings. The average Bonchev–Trinajstić information content (AvgIpc) is 2.63. The van der Waals surface area contributed by atoms with E-state index in [-0.39, 0.29) is 23.9 Å². The Morgan fingerprint density at radius 2 is 1.77 bits per heavy atom. The molecule has 0 radical (unpaired) electrons. The van der Waals surface area contributed by atoms with Gasteiger partial charge in [-0.3, -0.25) is 9.59 Å². The van der Waals surface area contributed by atoms with Crippen LogP contribution < -0.4 is 0 Å². The Kier molecular flexibility index (Phi) is 4.99. The quantitative estimate of drug-likeness (QED) is 0.525. The van der Waals surface area contributed by atoms with Crippen molar-refractivity contribution >= 4 is 11.8 Å². The van der Waals surface area contributed by atoms with Crippen LogP contribution in [0, 0.1) is 29.1 Å². The first kappa shape index (κ1) is 19.4. The predicted octanol–water partition coefficient (Wildman–Crippen LogP) is 4.85. The van der Waals surface area contributed by atoms with Crippen LogP contribution in [0.5, 0.6) is 0 Å². The van der Waals surface area contributed by atoms with Crippen LogP contribution in [0.25, 0.3) is 0 Å². The summed E-state index contributed by atoms with van der Waals surface area (Å²) in [5.74, 6) is -0.188. The van der Waals surface area contributed by atoms with Gasteiger partial charge in [-0.1, -0.05) is 5.57 Å². The summed E-state index contributed by atoms with van der Waals surface area (Å²) in [5.41, 5.74) is 0.140. The fraction of sp³-hybridized carbons (Fsp3) is 0.800. The van der Waals surface area contributed by atoms with Crippen LogP contribution in [0.15, 0.2) is 11.6 Å². The van der Waals surface area contributed by atoms with Gasteiger partial charge >= 0.3 is 12.1 Å². The third-order valence-corrected chi connectivity index (χ3v) is 6.05. The molecule has 0 aromatic heterocycles. The molecule has 0 aromatic carbocycles. The number of fused-ring (bicyclic) bond motifs is 2. The minimum absolute atomic E-state index is 0.101. The minimum atomic E-state index is -4.49. The van der Waals surface area contributed by atoms with Crippen molar-refractivity contribution in [2.75, 3.05) is 0 Å². The second-order valence-electron chi connectivity index (χ2n) is 9.26. The fourth-order valence-electron chi connectivity index (χ4n) is 5.04. The maximum atomic E-state index is 12.5. The summed E-state index contributed by atoms with van der Waals surface area (Å²) >= 11 is 0. The van der Waals surface area contributed by atoms with E-state index in [0.717, 1.165) is 31.3 Å². The number of ether oxygens (including phenoxy) is 1. The molecule has 0 saturated heterocycles. The number of hydrogen-bond donors (Lipinski definition) is 0. The summed E-state index contributed by atoms with van der Waals surface area (Å²) < 4.78 is 43.5. The summed E-state index contributed by atoms with van der Waals surface area (Å²) in [6.45, 7) is 5.39. The Hall–Kier alpha value is -1.33. The molecule has 0 aromatic rings. The number of esters is 1. The van der Waals surface area contributed by atoms with E-state index in [9.17, 15) is 22.8 Å². The number of rotatable bonds is 3. The van der Waals surface area contributed by atoms with E-state index >= 15 is 0 Å². The number of allylic oxidation sites excluding steroid dienone is 1. The van der Waals surface area contributed by atoms with Crippen molar-refractivity contribution in [3.8, 4) is 0 Å². The first-order chi connectivity index (χ1) is 11.9. The zero-order valence-corrected chi connectivity index (χ0v) is 15.6. The van der Waals surface area contributed by atoms with Gasteiger partial charge in [-0.25, -0.2) is 0 Å². The Morgan fingerprint density at radius 1 is 1.12 bits per heavy atom. The van der Waals surface area contributed by atoms with Crippen LogP contribution in [-0.2, 0) is 14.3 Å². The highest BCUT2D eigenvalue weighted by Crippen LogP contribution is 2.56. The molecule has 0 aliphatic heterocycles. The van der Waals surface area contributed by atoms with E-state index in [1.807, 2.05) is 0 Å². The number of carbonyl (C=O) groups is 2. The number of halogens is 3. The Labute approximate surface area is 152 Å². The zero-order valence-electron chi connectivity index (χ0n) is 15.6. The Bertz CT molecular complexity index is 615. The van der Waals surface area contributed by atoms with Crippen LogP contribution in [-0.4, -0.2) is 24.0 Å². The molecule has 3 unspecified atom stereocenters. The Balaban J connectivity index is 1.85. The van der Waals surface area contributed by atoms with Gasteiger partial charge in [-0.05, 0) is 76.7 Å². The summed E-state index contributed by atoms with van der Waals surface area (Å²) in [7, 11) is 0. The molecule has 26 heavy (non-hydrogen) atoms. The summed E-state index contributed by atoms with van der Waals surface area (Å²) in [5, 5.41) is 0. The maximum Gasteiger partial charge on any atom is 0.396 e. The first-order valence-electron chi connectivity index (χ1n) is 9.45. The fourth-order valence-corrected chi connectivity index (χ4v) is 5.04. The summed E-state index contributed by atoms with van der Waals surface area (Å²) in [6, 6.07) is 0. The van der Waals surface area contributed by atoms with E-state index in [2.05, 4.69) is 0 Å². The number of carbonyl (C=O) groups excluding carboxylic acids is 2. The molecule has 3 nitrogen and oxygen atoms in total. The van der Waals surface area contributed by atoms with Crippen LogP contribution >= 0.6 is 0 Å². The van der Waals surface area contributed by atoms with Crippen molar-refractivity contribution in [1.82, 2.24) is 0 Å². The highest BCUT2D eigenvalue weighted by Gasteiger charge is 2.53. The van der Waals surface area contributed by atoms with E-state index in [1.54, 1.807) is 20.8 Å². The van der Waals surface area contributed by atoms with Gasteiger partial charge in [0.05, 0.1) is 5.41 Å². The molecule has 3 aliphatic carbocycles. The predicted molar refractivity (Wildman–Crippen MR) is 90.1 cm³/mol. The third kappa shape index (κ3) is 4.15. The van der Waals surface area contributed by atoms with E-state index in [0.29, 0.717) is 18.3 Å². The van der Waals surface area contributed by atoms with E-state index < -0.39 is 23.8 Å². The van der Waals surface area contributed by atoms with Crippen molar-refractivity contribution in [3.63, 3.8) is 0 Å². The molecule has 146 valence electrons. The summed E-state index contributed by atoms with van der Waals surface area (Å²) in [4.78, 5) is 24.3. The molecule has 3 bridgehead atoms. The van der Waals surface area contributed by atoms with Crippen LogP contribution in [0.2, 0.25) is 0 Å². The van der Waals surface area contributed by atoms with Gasteiger partial charge in [0, 0.05) is 5.92 Å². The second kappa shape index (κ2) is 6.68. The minimum Gasteiger partial charge on any atom is -0.461 e. The molecule has 3 rings (SSSR count). The molecule has 0 N–H and O–H groups in total. The molecule has 3 aliphatic rings. The largest absolute Gasteiger partial charge is 0.461 e. The molecule has 0 spiro atoms. The van der Waals surface area contributed by atoms with Gasteiger partial charge in [0.2, 0.25) is 0 Å². The highest BCUT2D eigenvalue weighted by molar-refractivity contribution is 5.91. The van der Waals surface area contributed by atoms with Gasteiger partial charge in [0.25, 0.3) is 0 Å². The van der Waals surface area contributed by atoms with Crippen molar-refractivity contribution in [1.29, 1.82) is 0 Å². The maximum absolute atomic E-state index is 12.5. The molecule has 6 heteroatoms. The zero-order chi connectivity index (χ0) is 19.3. The standard InChI is InChI=1S/C20H27F3O3/c1-19(2,3)18(25)26-17-14-7-11-4-5-12(16(17)13(6-11)8-14)9-15(24)10-20(21,22)23/h9,11,13-14,16-17H,4-8,10H2,1-3H3/b12-9-/t11?,13-,14?,16?,17-/m0/s1. The van der Waals surface area contributed by atoms with Crippen molar-refractivity contribution in [2.45, 2.75) is 71.6 Å². The van der Waals surface area contributed by atoms with Crippen LogP contribution in [0.3, 0.4) is 0 Å². The molecule has 0 amide bonds. The van der Waals surface area contributed by atoms with Gasteiger partial charge < -0.3 is 4.74 Å². The summed E-state index contributed by atoms with van der Waals surface area (Å²) in [6.07, 6.45) is -0.495. The number of alkyl halides is 3. The number of hydrogen-bond acceptors (Lipinski definition) is 3. The molecular weight excluding hydrogens is 345 g/mol. The normalized spacial score (nSPS) is 35.5. The average molecular weight is 372 g/mol. The van der Waals surface area contributed by atoms with Crippen LogP contribution in [0.1, 0.15) is 59.3 Å². The number of ketones is 1. The van der Waals surface area contributed by atoms with E-state index in [1.165, 1.54) is 6.08 Å². The molecule has 3 saturated carbocycles. The van der Waals surface area contributed by atoms with Crippen molar-refractivity contribution in [3.05, 3.63) is 11.6 Å². The first-order valence-corrected chi connectivity index (χ1v) is 9.45. The molecule has 0 heterocycles. The lowest BCUT2D eigenvalue weighted by molar-refractivity contribution is -0.162. The van der Waals surface area contributed by atoms with Gasteiger partial charge in [0.15, 0.2) is 5.78 Å². The second-order valence-corrected chi connectivity index (χ2v) is 9.26. The van der Waals surface area contributed by atoms with Gasteiger partial charge in [-0.2, -0.15) is 13.2 Å².